The van der Waals surface area contributed by atoms with E-state index in [1.807, 2.05) is 18.2 Å². The zero-order valence-corrected chi connectivity index (χ0v) is 14.9. The van der Waals surface area contributed by atoms with Crippen molar-refractivity contribution in [3.63, 3.8) is 0 Å². The molecule has 0 aromatic heterocycles. The van der Waals surface area contributed by atoms with Crippen molar-refractivity contribution < 1.29 is 5.11 Å². The van der Waals surface area contributed by atoms with Crippen LogP contribution in [0.5, 0.6) is 0 Å². The van der Waals surface area contributed by atoms with Crippen LogP contribution in [0, 0.1) is 0 Å². The fraction of sp³-hybridized carbons (Fsp3) is 0.200. The van der Waals surface area contributed by atoms with E-state index in [0.717, 1.165) is 36.8 Å². The van der Waals surface area contributed by atoms with Gasteiger partial charge in [0.15, 0.2) is 0 Å². The molecule has 0 bridgehead atoms. The van der Waals surface area contributed by atoms with Crippen molar-refractivity contribution >= 4 is 11.1 Å². The Balaban J connectivity index is 1.73. The summed E-state index contributed by atoms with van der Waals surface area (Å²) in [6, 6.07) is 31.3. The summed E-state index contributed by atoms with van der Waals surface area (Å²) in [4.78, 5) is 0. The molecule has 0 amide bonds. The van der Waals surface area contributed by atoms with Gasteiger partial charge < -0.3 is 5.11 Å². The molecule has 3 aromatic rings. The minimum absolute atomic E-state index is 0.748. The summed E-state index contributed by atoms with van der Waals surface area (Å²) in [6.45, 7) is 0. The summed E-state index contributed by atoms with van der Waals surface area (Å²) < 4.78 is 0. The summed E-state index contributed by atoms with van der Waals surface area (Å²) in [6.07, 6.45) is 3.33. The average Bonchev–Trinajstić information content (AvgIpc) is 3.06. The van der Waals surface area contributed by atoms with Crippen LogP contribution in [0.1, 0.15) is 36.0 Å². The van der Waals surface area contributed by atoms with Crippen molar-refractivity contribution in [1.82, 2.24) is 0 Å². The lowest BCUT2D eigenvalue weighted by Gasteiger charge is -2.27. The van der Waals surface area contributed by atoms with Gasteiger partial charge in [0, 0.05) is 0 Å². The molecule has 1 heteroatoms. The molecule has 4 rings (SSSR count). The van der Waals surface area contributed by atoms with Crippen molar-refractivity contribution in [1.29, 1.82) is 0 Å². The summed E-state index contributed by atoms with van der Waals surface area (Å²) in [5, 5.41) is 11.6. The van der Waals surface area contributed by atoms with Crippen molar-refractivity contribution in [2.75, 3.05) is 0 Å². The largest absolute Gasteiger partial charge is 0.385 e. The first kappa shape index (κ1) is 16.8. The lowest BCUT2D eigenvalue weighted by Crippen LogP contribution is -2.28. The lowest BCUT2D eigenvalue weighted by molar-refractivity contribution is 0.0914. The number of rotatable bonds is 5. The number of aliphatic hydroxyl groups is 1. The van der Waals surface area contributed by atoms with Gasteiger partial charge in [-0.1, -0.05) is 91.0 Å². The van der Waals surface area contributed by atoms with Crippen LogP contribution in [0.15, 0.2) is 91.0 Å². The number of hydrogen-bond acceptors (Lipinski definition) is 1. The Morgan fingerprint density at radius 3 is 1.85 bits per heavy atom. The monoisotopic (exact) mass is 340 g/mol. The first-order chi connectivity index (χ1) is 12.8. The van der Waals surface area contributed by atoms with Crippen LogP contribution < -0.4 is 0 Å². The van der Waals surface area contributed by atoms with E-state index in [4.69, 9.17) is 0 Å². The van der Waals surface area contributed by atoms with Gasteiger partial charge >= 0.3 is 0 Å². The predicted molar refractivity (Wildman–Crippen MR) is 109 cm³/mol. The van der Waals surface area contributed by atoms with Crippen molar-refractivity contribution in [2.24, 2.45) is 0 Å². The smallest absolute Gasteiger partial charge is 0.0911 e. The van der Waals surface area contributed by atoms with Gasteiger partial charge in [-0.3, -0.25) is 0 Å². The van der Waals surface area contributed by atoms with Gasteiger partial charge in [0.2, 0.25) is 0 Å². The Morgan fingerprint density at radius 1 is 0.692 bits per heavy atom. The van der Waals surface area contributed by atoms with E-state index in [9.17, 15) is 5.11 Å². The maximum Gasteiger partial charge on any atom is 0.0911 e. The third-order valence-electron chi connectivity index (χ3n) is 5.41. The minimum Gasteiger partial charge on any atom is -0.385 e. The molecule has 0 aliphatic heterocycles. The van der Waals surface area contributed by atoms with Crippen LogP contribution in [-0.2, 0) is 6.42 Å². The first-order valence-electron chi connectivity index (χ1n) is 9.37. The SMILES string of the molecule is OC1(CCc2ccccc2)CCC(c2ccccc2)=C1c1ccccc1. The first-order valence-corrected chi connectivity index (χ1v) is 9.37. The van der Waals surface area contributed by atoms with Crippen LogP contribution in [0.4, 0.5) is 0 Å². The van der Waals surface area contributed by atoms with Crippen LogP contribution in [0.25, 0.3) is 11.1 Å². The van der Waals surface area contributed by atoms with Gasteiger partial charge in [-0.15, -0.1) is 0 Å². The number of allylic oxidation sites excluding steroid dienone is 1. The van der Waals surface area contributed by atoms with E-state index < -0.39 is 5.60 Å². The molecule has 1 unspecified atom stereocenters. The third-order valence-corrected chi connectivity index (χ3v) is 5.41. The number of hydrogen-bond donors (Lipinski definition) is 1. The Hall–Kier alpha value is -2.64. The highest BCUT2D eigenvalue weighted by molar-refractivity contribution is 5.96. The van der Waals surface area contributed by atoms with Gasteiger partial charge in [0.25, 0.3) is 0 Å². The molecule has 0 saturated carbocycles. The van der Waals surface area contributed by atoms with E-state index >= 15 is 0 Å². The summed E-state index contributed by atoms with van der Waals surface area (Å²) >= 11 is 0. The van der Waals surface area contributed by atoms with E-state index in [1.54, 1.807) is 0 Å². The highest BCUT2D eigenvalue weighted by Crippen LogP contribution is 2.48. The van der Waals surface area contributed by atoms with Gasteiger partial charge in [0.05, 0.1) is 5.60 Å². The maximum atomic E-state index is 11.6. The molecule has 1 aliphatic carbocycles. The van der Waals surface area contributed by atoms with E-state index in [0.29, 0.717) is 0 Å². The maximum absolute atomic E-state index is 11.6. The normalized spacial score (nSPS) is 19.7. The molecule has 1 nitrogen and oxygen atoms in total. The zero-order valence-electron chi connectivity index (χ0n) is 14.9. The van der Waals surface area contributed by atoms with Crippen molar-refractivity contribution in [2.45, 2.75) is 31.3 Å². The molecule has 1 atom stereocenters. The van der Waals surface area contributed by atoms with Crippen LogP contribution in [0.2, 0.25) is 0 Å². The lowest BCUT2D eigenvalue weighted by atomic mass is 9.84. The van der Waals surface area contributed by atoms with Crippen LogP contribution in [-0.4, -0.2) is 10.7 Å². The quantitative estimate of drug-likeness (QED) is 0.626. The van der Waals surface area contributed by atoms with Crippen LogP contribution >= 0.6 is 0 Å². The fourth-order valence-electron chi connectivity index (χ4n) is 4.08. The van der Waals surface area contributed by atoms with Gasteiger partial charge in [0.1, 0.15) is 0 Å². The molecule has 1 N–H and O–H groups in total. The van der Waals surface area contributed by atoms with Crippen LogP contribution in [0.3, 0.4) is 0 Å². The summed E-state index contributed by atoms with van der Waals surface area (Å²) in [5.74, 6) is 0. The standard InChI is InChI=1S/C25H24O/c26-25(18-16-20-10-4-1-5-11-20)19-17-23(21-12-6-2-7-13-21)24(25)22-14-8-3-9-15-22/h1-15,26H,16-19H2. The zero-order chi connectivity index (χ0) is 17.8. The molecule has 1 aliphatic rings. The second kappa shape index (κ2) is 7.31. The Labute approximate surface area is 155 Å². The minimum atomic E-state index is -0.775. The summed E-state index contributed by atoms with van der Waals surface area (Å²) in [5.41, 5.74) is 5.26. The Morgan fingerprint density at radius 2 is 1.23 bits per heavy atom. The van der Waals surface area contributed by atoms with E-state index in [2.05, 4.69) is 72.8 Å². The Bertz CT molecular complexity index is 881. The van der Waals surface area contributed by atoms with Gasteiger partial charge in [-0.25, -0.2) is 0 Å². The number of aryl methyl sites for hydroxylation is 1. The van der Waals surface area contributed by atoms with E-state index in [-0.39, 0.29) is 0 Å². The molecule has 0 heterocycles. The molecule has 130 valence electrons. The highest BCUT2D eigenvalue weighted by Gasteiger charge is 2.39. The third kappa shape index (κ3) is 3.36. The molecule has 0 spiro atoms. The highest BCUT2D eigenvalue weighted by atomic mass is 16.3. The molecular weight excluding hydrogens is 316 g/mol. The topological polar surface area (TPSA) is 20.2 Å². The van der Waals surface area contributed by atoms with Crippen molar-refractivity contribution in [3.05, 3.63) is 108 Å². The van der Waals surface area contributed by atoms with Gasteiger partial charge in [-0.05, 0) is 53.5 Å². The molecule has 0 fully saturated rings. The van der Waals surface area contributed by atoms with Gasteiger partial charge in [-0.2, -0.15) is 0 Å². The molecular formula is C25H24O. The second-order valence-corrected chi connectivity index (χ2v) is 7.10. The molecule has 3 aromatic carbocycles. The second-order valence-electron chi connectivity index (χ2n) is 7.10. The fourth-order valence-corrected chi connectivity index (χ4v) is 4.08. The summed E-state index contributed by atoms with van der Waals surface area (Å²) in [7, 11) is 0. The average molecular weight is 340 g/mol. The predicted octanol–water partition coefficient (Wildman–Crippen LogP) is 5.76. The molecule has 26 heavy (non-hydrogen) atoms. The van der Waals surface area contributed by atoms with Crippen molar-refractivity contribution in [3.8, 4) is 0 Å². The molecule has 0 radical (unpaired) electrons. The number of benzene rings is 3. The Kier molecular flexibility index (Phi) is 4.73. The van der Waals surface area contributed by atoms with E-state index in [1.165, 1.54) is 16.7 Å². The molecule has 0 saturated heterocycles.